The van der Waals surface area contributed by atoms with Gasteiger partial charge in [-0.2, -0.15) is 0 Å². The molecule has 0 aromatic heterocycles. The summed E-state index contributed by atoms with van der Waals surface area (Å²) in [5.41, 5.74) is 5.07. The van der Waals surface area contributed by atoms with Gasteiger partial charge in [-0.1, -0.05) is 36.4 Å². The Morgan fingerprint density at radius 3 is 2.12 bits per heavy atom. The molecule has 0 saturated carbocycles. The molecule has 1 unspecified atom stereocenters. The summed E-state index contributed by atoms with van der Waals surface area (Å²) < 4.78 is 24.4. The standard InChI is InChI=1S/C11H12N2O4S.C6H4/c1-8(14)12-13-10(15)7-11(13)18(16,17)9-5-3-2-4-6-9;1-2-5-4-6(5)3-1/h2-6,11H,7H2,1H3,(H,12,14);1-4H. The van der Waals surface area contributed by atoms with Crippen molar-refractivity contribution in [3.63, 3.8) is 0 Å². The third kappa shape index (κ3) is 3.16. The van der Waals surface area contributed by atoms with Crippen LogP contribution in [-0.4, -0.2) is 30.6 Å². The monoisotopic (exact) mass is 344 g/mol. The number of β-lactam (4-membered cyclic amide) rings is 1. The van der Waals surface area contributed by atoms with Gasteiger partial charge in [0.05, 0.1) is 11.3 Å². The Balaban J connectivity index is 0.000000231. The first-order chi connectivity index (χ1) is 11.4. The number of amides is 2. The molecule has 0 radical (unpaired) electrons. The topological polar surface area (TPSA) is 83.6 Å². The second kappa shape index (κ2) is 6.09. The molecule has 1 aliphatic heterocycles. The summed E-state index contributed by atoms with van der Waals surface area (Å²) in [5.74, 6) is -0.883. The van der Waals surface area contributed by atoms with Crippen molar-refractivity contribution in [2.75, 3.05) is 0 Å². The van der Waals surface area contributed by atoms with Crippen LogP contribution in [0.25, 0.3) is 11.1 Å². The molecule has 1 atom stereocenters. The highest BCUT2D eigenvalue weighted by Crippen LogP contribution is 2.32. The van der Waals surface area contributed by atoms with Crippen molar-refractivity contribution in [2.45, 2.75) is 23.6 Å². The van der Waals surface area contributed by atoms with Gasteiger partial charge in [0.15, 0.2) is 5.37 Å². The summed E-state index contributed by atoms with van der Waals surface area (Å²) in [5, 5.41) is -0.152. The molecule has 3 aliphatic rings. The van der Waals surface area contributed by atoms with Gasteiger partial charge in [0.1, 0.15) is 0 Å². The zero-order valence-corrected chi connectivity index (χ0v) is 13.8. The van der Waals surface area contributed by atoms with Crippen LogP contribution in [0.3, 0.4) is 0 Å². The van der Waals surface area contributed by atoms with E-state index in [-0.39, 0.29) is 11.3 Å². The van der Waals surface area contributed by atoms with Crippen LogP contribution < -0.4 is 5.43 Å². The van der Waals surface area contributed by atoms with Crippen LogP contribution in [0.5, 0.6) is 0 Å². The lowest BCUT2D eigenvalue weighted by atomic mass is 10.2. The first-order valence-electron chi connectivity index (χ1n) is 7.38. The number of carbonyl (C=O) groups excluding carboxylic acids is 2. The predicted molar refractivity (Wildman–Crippen MR) is 88.1 cm³/mol. The third-order valence-electron chi connectivity index (χ3n) is 3.73. The second-order valence-electron chi connectivity index (χ2n) is 5.53. The maximum atomic E-state index is 12.2. The fraction of sp³-hybridized carbons (Fsp3) is 0.176. The van der Waals surface area contributed by atoms with Crippen molar-refractivity contribution < 1.29 is 18.0 Å². The number of hydrogen-bond donors (Lipinski definition) is 1. The summed E-state index contributed by atoms with van der Waals surface area (Å²) in [6.45, 7) is 1.22. The van der Waals surface area contributed by atoms with Gasteiger partial charge < -0.3 is 0 Å². The van der Waals surface area contributed by atoms with E-state index in [0.29, 0.717) is 0 Å². The molecule has 1 fully saturated rings. The van der Waals surface area contributed by atoms with Gasteiger partial charge in [-0.05, 0) is 29.3 Å². The van der Waals surface area contributed by atoms with Crippen LogP contribution in [0, 0.1) is 0 Å². The van der Waals surface area contributed by atoms with Crippen molar-refractivity contribution >= 4 is 21.7 Å². The van der Waals surface area contributed by atoms with Crippen LogP contribution in [0.15, 0.2) is 59.5 Å². The Hall–Kier alpha value is -2.67. The summed E-state index contributed by atoms with van der Waals surface area (Å²) in [6, 6.07) is 16.3. The summed E-state index contributed by atoms with van der Waals surface area (Å²) in [4.78, 5) is 22.3. The highest BCUT2D eigenvalue weighted by atomic mass is 32.2. The average molecular weight is 344 g/mol. The second-order valence-corrected chi connectivity index (χ2v) is 7.63. The van der Waals surface area contributed by atoms with Gasteiger partial charge in [-0.25, -0.2) is 13.4 Å². The molecule has 1 N–H and O–H groups in total. The van der Waals surface area contributed by atoms with Crippen molar-refractivity contribution in [3.8, 4) is 11.1 Å². The van der Waals surface area contributed by atoms with Crippen LogP contribution in [0.4, 0.5) is 0 Å². The minimum Gasteiger partial charge on any atom is -0.274 e. The Bertz CT molecular complexity index is 877. The number of nitrogens with one attached hydrogen (secondary N) is 1. The van der Waals surface area contributed by atoms with Crippen LogP contribution >= 0.6 is 0 Å². The zero-order valence-electron chi connectivity index (χ0n) is 13.0. The quantitative estimate of drug-likeness (QED) is 0.734. The van der Waals surface area contributed by atoms with E-state index in [0.717, 1.165) is 5.01 Å². The highest BCUT2D eigenvalue weighted by molar-refractivity contribution is 7.92. The van der Waals surface area contributed by atoms with Crippen molar-refractivity contribution in [1.29, 1.82) is 0 Å². The van der Waals surface area contributed by atoms with Crippen LogP contribution in [0.2, 0.25) is 0 Å². The number of hydrazine groups is 1. The number of nitrogens with zero attached hydrogens (tertiary/aromatic N) is 1. The van der Waals surface area contributed by atoms with Gasteiger partial charge >= 0.3 is 0 Å². The average Bonchev–Trinajstić information content (AvgIpc) is 3.17. The van der Waals surface area contributed by atoms with Crippen molar-refractivity contribution in [3.05, 3.63) is 54.6 Å². The van der Waals surface area contributed by atoms with Gasteiger partial charge in [0.25, 0.3) is 0 Å². The predicted octanol–water partition coefficient (Wildman–Crippen LogP) is 1.74. The fourth-order valence-electron chi connectivity index (χ4n) is 2.38. The molecule has 24 heavy (non-hydrogen) atoms. The lowest BCUT2D eigenvalue weighted by molar-refractivity contribution is -0.151. The number of benzene rings is 2. The molecule has 6 nitrogen and oxygen atoms in total. The minimum atomic E-state index is -3.64. The molecule has 1 saturated heterocycles. The smallest absolute Gasteiger partial charge is 0.245 e. The molecule has 7 heteroatoms. The minimum absolute atomic E-state index is 0.114. The van der Waals surface area contributed by atoms with Gasteiger partial charge in [0.2, 0.25) is 21.7 Å². The number of rotatable bonds is 3. The normalized spacial score (nSPS) is 17.3. The Kier molecular flexibility index (Phi) is 4.11. The van der Waals surface area contributed by atoms with Gasteiger partial charge in [-0.15, -0.1) is 0 Å². The highest BCUT2D eigenvalue weighted by Gasteiger charge is 2.46. The molecule has 0 spiro atoms. The zero-order chi connectivity index (χ0) is 17.3. The lowest BCUT2D eigenvalue weighted by Gasteiger charge is -2.38. The van der Waals surface area contributed by atoms with E-state index in [1.165, 1.54) is 30.2 Å². The summed E-state index contributed by atoms with van der Waals surface area (Å²) >= 11 is 0. The fourth-order valence-corrected chi connectivity index (χ4v) is 4.04. The maximum absolute atomic E-state index is 12.2. The largest absolute Gasteiger partial charge is 0.274 e. The van der Waals surface area contributed by atoms with Crippen LogP contribution in [-0.2, 0) is 19.4 Å². The van der Waals surface area contributed by atoms with E-state index in [9.17, 15) is 18.0 Å². The molecule has 1 aromatic carbocycles. The SMILES string of the molecule is CC(=O)NN1C(=O)CC1S(=O)(=O)c1ccccc1.c1cc2cc-2c1. The number of sulfone groups is 1. The Morgan fingerprint density at radius 2 is 1.71 bits per heavy atom. The molecule has 1 heterocycles. The molecule has 2 amide bonds. The number of fused-ring (bicyclic) bond motifs is 1. The Morgan fingerprint density at radius 1 is 1.08 bits per heavy atom. The van der Waals surface area contributed by atoms with Crippen molar-refractivity contribution in [2.24, 2.45) is 0 Å². The van der Waals surface area contributed by atoms with E-state index in [2.05, 4.69) is 29.7 Å². The summed E-state index contributed by atoms with van der Waals surface area (Å²) in [7, 11) is -3.64. The van der Waals surface area contributed by atoms with Crippen LogP contribution in [0.1, 0.15) is 13.3 Å². The molecule has 1 aromatic rings. The molecule has 0 bridgehead atoms. The number of carbonyl (C=O) groups is 2. The molecule has 2 aliphatic carbocycles. The first kappa shape index (κ1) is 16.2. The van der Waals surface area contributed by atoms with Crippen molar-refractivity contribution in [1.82, 2.24) is 10.4 Å². The molecular weight excluding hydrogens is 328 g/mol. The van der Waals surface area contributed by atoms with E-state index >= 15 is 0 Å². The summed E-state index contributed by atoms with van der Waals surface area (Å²) in [6.07, 6.45) is -0.114. The Labute approximate surface area is 140 Å². The molecule has 4 rings (SSSR count). The van der Waals surface area contributed by atoms with E-state index < -0.39 is 27.0 Å². The molecular formula is C17H16N2O4S. The van der Waals surface area contributed by atoms with E-state index in [1.807, 2.05) is 0 Å². The van der Waals surface area contributed by atoms with Gasteiger partial charge in [0, 0.05) is 6.92 Å². The van der Waals surface area contributed by atoms with E-state index in [1.54, 1.807) is 18.2 Å². The molecule has 124 valence electrons. The first-order valence-corrected chi connectivity index (χ1v) is 8.93. The number of hydrogen-bond acceptors (Lipinski definition) is 4. The third-order valence-corrected chi connectivity index (χ3v) is 5.75. The maximum Gasteiger partial charge on any atom is 0.245 e. The van der Waals surface area contributed by atoms with E-state index in [4.69, 9.17) is 0 Å². The van der Waals surface area contributed by atoms with Gasteiger partial charge in [-0.3, -0.25) is 15.0 Å². The lowest BCUT2D eigenvalue weighted by Crippen LogP contribution is -2.63.